The van der Waals surface area contributed by atoms with Crippen LogP contribution in [-0.4, -0.2) is 62.9 Å². The minimum absolute atomic E-state index is 0.277. The molecule has 1 aliphatic heterocycles. The average Bonchev–Trinajstić information content (AvgIpc) is 2.55. The number of rotatable bonds is 5. The molecule has 0 spiro atoms. The molecule has 1 aromatic rings. The lowest BCUT2D eigenvalue weighted by atomic mass is 10.1. The Hall–Kier alpha value is -1.80. The second kappa shape index (κ2) is 7.85. The third-order valence-electron chi connectivity index (χ3n) is 4.10. The molecular weight excluding hydrogens is 323 g/mol. The van der Waals surface area contributed by atoms with Crippen molar-refractivity contribution in [2.24, 2.45) is 0 Å². The first-order valence-electron chi connectivity index (χ1n) is 7.77. The first kappa shape index (κ1) is 18.5. The number of nitrogens with zero attached hydrogens (tertiary/aromatic N) is 1. The molecule has 1 heterocycles. The largest absolute Gasteiger partial charge is 0.496 e. The minimum Gasteiger partial charge on any atom is -0.496 e. The Kier molecular flexibility index (Phi) is 6.06. The number of benzene rings is 1. The molecule has 1 saturated heterocycles. The van der Waals surface area contributed by atoms with E-state index in [9.17, 15) is 18.0 Å². The van der Waals surface area contributed by atoms with Crippen molar-refractivity contribution in [3.8, 4) is 5.75 Å². The predicted molar refractivity (Wildman–Crippen MR) is 84.3 cm³/mol. The van der Waals surface area contributed by atoms with Gasteiger partial charge in [0.05, 0.1) is 7.11 Å². The van der Waals surface area contributed by atoms with Gasteiger partial charge in [0, 0.05) is 38.3 Å². The fourth-order valence-electron chi connectivity index (χ4n) is 2.70. The minimum atomic E-state index is -4.39. The molecule has 1 amide bonds. The summed E-state index contributed by atoms with van der Waals surface area (Å²) in [6.07, 6.45) is -4.39. The van der Waals surface area contributed by atoms with Crippen molar-refractivity contribution in [3.05, 3.63) is 29.3 Å². The molecule has 0 saturated carbocycles. The fraction of sp³-hybridized carbons (Fsp3) is 0.562. The highest BCUT2D eigenvalue weighted by molar-refractivity contribution is 5.94. The summed E-state index contributed by atoms with van der Waals surface area (Å²) in [7, 11) is 1.48. The summed E-state index contributed by atoms with van der Waals surface area (Å²) in [6.45, 7) is 2.98. The van der Waals surface area contributed by atoms with Crippen LogP contribution in [0.15, 0.2) is 18.2 Å². The summed E-state index contributed by atoms with van der Waals surface area (Å²) in [5, 5.41) is 5.42. The van der Waals surface area contributed by atoms with Crippen molar-refractivity contribution in [3.63, 3.8) is 0 Å². The van der Waals surface area contributed by atoms with Gasteiger partial charge in [0.2, 0.25) is 0 Å². The first-order chi connectivity index (χ1) is 11.3. The maximum Gasteiger partial charge on any atom is 0.405 e. The van der Waals surface area contributed by atoms with Crippen LogP contribution in [0, 0.1) is 6.92 Å². The zero-order valence-corrected chi connectivity index (χ0v) is 13.7. The van der Waals surface area contributed by atoms with E-state index in [2.05, 4.69) is 10.6 Å². The van der Waals surface area contributed by atoms with Crippen molar-refractivity contribution < 1.29 is 22.7 Å². The maximum absolute atomic E-state index is 13.3. The molecule has 24 heavy (non-hydrogen) atoms. The summed E-state index contributed by atoms with van der Waals surface area (Å²) >= 11 is 0. The molecule has 0 radical (unpaired) electrons. The molecule has 1 aliphatic rings. The van der Waals surface area contributed by atoms with E-state index in [1.807, 2.05) is 6.92 Å². The standard InChI is InChI=1S/C16H22F3N3O2/c1-11-3-4-12(9-13(11)24-2)15(23)21-10-14(16(17,18)19)22-7-5-20-6-8-22/h3-4,9,14,20H,5-8,10H2,1-2H3,(H,21,23). The monoisotopic (exact) mass is 345 g/mol. The fourth-order valence-corrected chi connectivity index (χ4v) is 2.70. The van der Waals surface area contributed by atoms with Gasteiger partial charge in [-0.05, 0) is 24.6 Å². The highest BCUT2D eigenvalue weighted by Crippen LogP contribution is 2.25. The topological polar surface area (TPSA) is 53.6 Å². The van der Waals surface area contributed by atoms with Gasteiger partial charge < -0.3 is 15.4 Å². The second-order valence-electron chi connectivity index (χ2n) is 5.74. The summed E-state index contributed by atoms with van der Waals surface area (Å²) in [5.74, 6) is -0.0187. The number of nitrogens with one attached hydrogen (secondary N) is 2. The molecular formula is C16H22F3N3O2. The Bertz CT molecular complexity index is 572. The molecule has 134 valence electrons. The van der Waals surface area contributed by atoms with E-state index < -0.39 is 24.7 Å². The highest BCUT2D eigenvalue weighted by Gasteiger charge is 2.43. The van der Waals surface area contributed by atoms with E-state index in [-0.39, 0.29) is 5.56 Å². The molecule has 1 aromatic carbocycles. The molecule has 2 N–H and O–H groups in total. The van der Waals surface area contributed by atoms with Gasteiger partial charge in [0.1, 0.15) is 11.8 Å². The number of ether oxygens (including phenoxy) is 1. The predicted octanol–water partition coefficient (Wildman–Crippen LogP) is 1.57. The van der Waals surface area contributed by atoms with Crippen molar-refractivity contribution in [1.29, 1.82) is 0 Å². The van der Waals surface area contributed by atoms with Gasteiger partial charge in [-0.25, -0.2) is 0 Å². The Balaban J connectivity index is 2.04. The van der Waals surface area contributed by atoms with Crippen LogP contribution in [0.1, 0.15) is 15.9 Å². The number of methoxy groups -OCH3 is 1. The van der Waals surface area contributed by atoms with Crippen LogP contribution in [0.2, 0.25) is 0 Å². The van der Waals surface area contributed by atoms with E-state index in [1.54, 1.807) is 12.1 Å². The molecule has 1 unspecified atom stereocenters. The lowest BCUT2D eigenvalue weighted by Crippen LogP contribution is -2.57. The van der Waals surface area contributed by atoms with Crippen molar-refractivity contribution in [1.82, 2.24) is 15.5 Å². The number of carbonyl (C=O) groups is 1. The van der Waals surface area contributed by atoms with Crippen LogP contribution in [0.3, 0.4) is 0 Å². The van der Waals surface area contributed by atoms with Crippen LogP contribution in [0.25, 0.3) is 0 Å². The SMILES string of the molecule is COc1cc(C(=O)NCC(N2CCNCC2)C(F)(F)F)ccc1C. The Morgan fingerprint density at radius 3 is 2.62 bits per heavy atom. The summed E-state index contributed by atoms with van der Waals surface area (Å²) in [5.41, 5.74) is 1.13. The third kappa shape index (κ3) is 4.61. The number of piperazine rings is 1. The number of aryl methyl sites for hydroxylation is 1. The number of amides is 1. The molecule has 0 aromatic heterocycles. The summed E-state index contributed by atoms with van der Waals surface area (Å²) < 4.78 is 45.0. The molecule has 2 rings (SSSR count). The number of alkyl halides is 3. The average molecular weight is 345 g/mol. The second-order valence-corrected chi connectivity index (χ2v) is 5.74. The number of hydrogen-bond acceptors (Lipinski definition) is 4. The molecule has 1 atom stereocenters. The van der Waals surface area contributed by atoms with E-state index in [0.29, 0.717) is 31.9 Å². The van der Waals surface area contributed by atoms with E-state index in [4.69, 9.17) is 4.74 Å². The number of carbonyl (C=O) groups excluding carboxylic acids is 1. The molecule has 0 aliphatic carbocycles. The third-order valence-corrected chi connectivity index (χ3v) is 4.10. The highest BCUT2D eigenvalue weighted by atomic mass is 19.4. The van der Waals surface area contributed by atoms with E-state index in [0.717, 1.165) is 5.56 Å². The zero-order chi connectivity index (χ0) is 17.7. The number of halogens is 3. The van der Waals surface area contributed by atoms with Gasteiger partial charge in [-0.15, -0.1) is 0 Å². The van der Waals surface area contributed by atoms with Gasteiger partial charge in [-0.1, -0.05) is 6.07 Å². The zero-order valence-electron chi connectivity index (χ0n) is 13.7. The van der Waals surface area contributed by atoms with Gasteiger partial charge in [-0.3, -0.25) is 9.69 Å². The smallest absolute Gasteiger partial charge is 0.405 e. The van der Waals surface area contributed by atoms with Crippen LogP contribution in [0.4, 0.5) is 13.2 Å². The number of hydrogen-bond donors (Lipinski definition) is 2. The first-order valence-corrected chi connectivity index (χ1v) is 7.77. The van der Waals surface area contributed by atoms with Gasteiger partial charge in [0.15, 0.2) is 0 Å². The van der Waals surface area contributed by atoms with Crippen LogP contribution in [0.5, 0.6) is 5.75 Å². The van der Waals surface area contributed by atoms with Crippen LogP contribution >= 0.6 is 0 Å². The van der Waals surface area contributed by atoms with E-state index >= 15 is 0 Å². The van der Waals surface area contributed by atoms with Gasteiger partial charge in [0.25, 0.3) is 5.91 Å². The summed E-state index contributed by atoms with van der Waals surface area (Å²) in [6, 6.07) is 3.11. The van der Waals surface area contributed by atoms with Crippen molar-refractivity contribution >= 4 is 5.91 Å². The molecule has 8 heteroatoms. The summed E-state index contributed by atoms with van der Waals surface area (Å²) in [4.78, 5) is 13.5. The van der Waals surface area contributed by atoms with E-state index in [1.165, 1.54) is 18.1 Å². The lowest BCUT2D eigenvalue weighted by Gasteiger charge is -2.35. The molecule has 0 bridgehead atoms. The van der Waals surface area contributed by atoms with Crippen molar-refractivity contribution in [2.75, 3.05) is 39.8 Å². The van der Waals surface area contributed by atoms with Crippen LogP contribution < -0.4 is 15.4 Å². The Labute approximate surface area is 139 Å². The maximum atomic E-state index is 13.3. The Morgan fingerprint density at radius 2 is 2.04 bits per heavy atom. The van der Waals surface area contributed by atoms with Crippen LogP contribution in [-0.2, 0) is 0 Å². The lowest BCUT2D eigenvalue weighted by molar-refractivity contribution is -0.183. The molecule has 5 nitrogen and oxygen atoms in total. The quantitative estimate of drug-likeness (QED) is 0.851. The van der Waals surface area contributed by atoms with Gasteiger partial charge in [-0.2, -0.15) is 13.2 Å². The van der Waals surface area contributed by atoms with Gasteiger partial charge >= 0.3 is 6.18 Å². The molecule has 1 fully saturated rings. The van der Waals surface area contributed by atoms with Crippen molar-refractivity contribution in [2.45, 2.75) is 19.1 Å². The Morgan fingerprint density at radius 1 is 1.38 bits per heavy atom. The normalized spacial score (nSPS) is 17.4.